The molecule has 0 saturated heterocycles. The van der Waals surface area contributed by atoms with Crippen LogP contribution in [-0.2, 0) is 16.1 Å². The molecule has 2 aromatic rings. The van der Waals surface area contributed by atoms with Crippen molar-refractivity contribution < 1.29 is 24.2 Å². The zero-order valence-corrected chi connectivity index (χ0v) is 15.0. The van der Waals surface area contributed by atoms with Crippen LogP contribution in [0.15, 0.2) is 59.8 Å². The maximum Gasteiger partial charge on any atom is 0.338 e. The van der Waals surface area contributed by atoms with Crippen molar-refractivity contribution in [2.45, 2.75) is 19.6 Å². The Morgan fingerprint density at radius 2 is 1.93 bits per heavy atom. The molecule has 1 aliphatic heterocycles. The van der Waals surface area contributed by atoms with Crippen molar-refractivity contribution in [3.8, 4) is 11.5 Å². The molecule has 0 aliphatic carbocycles. The van der Waals surface area contributed by atoms with Crippen LogP contribution >= 0.6 is 0 Å². The van der Waals surface area contributed by atoms with E-state index in [1.54, 1.807) is 50.4 Å². The summed E-state index contributed by atoms with van der Waals surface area (Å²) in [7, 11) is 1.58. The predicted octanol–water partition coefficient (Wildman–Crippen LogP) is 2.77. The monoisotopic (exact) mass is 368 g/mol. The summed E-state index contributed by atoms with van der Waals surface area (Å²) in [5, 5.41) is 15.0. The average molecular weight is 368 g/mol. The Kier molecular flexibility index (Phi) is 5.30. The number of hydrogen-bond donors (Lipinski definition) is 3. The quantitative estimate of drug-likeness (QED) is 0.705. The number of phenols is 1. The second-order valence-corrected chi connectivity index (χ2v) is 6.09. The summed E-state index contributed by atoms with van der Waals surface area (Å²) in [4.78, 5) is 24.6. The van der Waals surface area contributed by atoms with Gasteiger partial charge in [-0.2, -0.15) is 0 Å². The number of aromatic hydroxyl groups is 1. The van der Waals surface area contributed by atoms with Gasteiger partial charge < -0.3 is 25.2 Å². The first-order valence-electron chi connectivity index (χ1n) is 8.35. The fourth-order valence-corrected chi connectivity index (χ4v) is 2.87. The van der Waals surface area contributed by atoms with Crippen LogP contribution in [0.1, 0.15) is 24.1 Å². The van der Waals surface area contributed by atoms with Crippen molar-refractivity contribution in [1.29, 1.82) is 0 Å². The topological polar surface area (TPSA) is 96.9 Å². The van der Waals surface area contributed by atoms with Crippen LogP contribution in [0.5, 0.6) is 11.5 Å². The molecule has 140 valence electrons. The van der Waals surface area contributed by atoms with Gasteiger partial charge >= 0.3 is 12.0 Å². The first-order chi connectivity index (χ1) is 13.0. The molecule has 3 rings (SSSR count). The molecule has 0 saturated carbocycles. The highest BCUT2D eigenvalue weighted by molar-refractivity contribution is 5.95. The first kappa shape index (κ1) is 18.3. The van der Waals surface area contributed by atoms with E-state index in [1.165, 1.54) is 12.1 Å². The number of phenolic OH excluding ortho intramolecular Hbond substituents is 1. The number of benzene rings is 2. The summed E-state index contributed by atoms with van der Waals surface area (Å²) in [5.41, 5.74) is 2.09. The standard InChI is InChI=1S/C20H20N2O5/c1-12-17(19(24)27-11-13-6-8-16(26-2)9-7-13)18(22-20(25)21-12)14-4-3-5-15(23)10-14/h3-10,18,23H,11H2,1-2H3,(H2,21,22,25). The molecule has 7 nitrogen and oxygen atoms in total. The van der Waals surface area contributed by atoms with Gasteiger partial charge in [0.2, 0.25) is 0 Å². The highest BCUT2D eigenvalue weighted by Crippen LogP contribution is 2.29. The Balaban J connectivity index is 1.80. The summed E-state index contributed by atoms with van der Waals surface area (Å²) in [6.07, 6.45) is 0. The number of urea groups is 1. The highest BCUT2D eigenvalue weighted by Gasteiger charge is 2.32. The molecule has 0 bridgehead atoms. The molecule has 0 radical (unpaired) electrons. The summed E-state index contributed by atoms with van der Waals surface area (Å²) in [6, 6.07) is 12.4. The average Bonchev–Trinajstić information content (AvgIpc) is 2.66. The van der Waals surface area contributed by atoms with Gasteiger partial charge in [0.05, 0.1) is 18.7 Å². The van der Waals surface area contributed by atoms with Crippen molar-refractivity contribution in [3.63, 3.8) is 0 Å². The van der Waals surface area contributed by atoms with E-state index in [2.05, 4.69) is 10.6 Å². The van der Waals surface area contributed by atoms with Crippen molar-refractivity contribution >= 4 is 12.0 Å². The normalized spacial score (nSPS) is 16.4. The van der Waals surface area contributed by atoms with Crippen molar-refractivity contribution in [2.24, 2.45) is 0 Å². The molecule has 1 aliphatic rings. The number of methoxy groups -OCH3 is 1. The SMILES string of the molecule is COc1ccc(COC(=O)C2=C(C)NC(=O)NC2c2cccc(O)c2)cc1. The van der Waals surface area contributed by atoms with Crippen LogP contribution in [0, 0.1) is 0 Å². The molecule has 2 amide bonds. The Labute approximate surface area is 156 Å². The molecule has 3 N–H and O–H groups in total. The van der Waals surface area contributed by atoms with E-state index in [1.807, 2.05) is 0 Å². The fraction of sp³-hybridized carbons (Fsp3) is 0.200. The van der Waals surface area contributed by atoms with Crippen LogP contribution in [0.3, 0.4) is 0 Å². The number of nitrogens with one attached hydrogen (secondary N) is 2. The Bertz CT molecular complexity index is 890. The van der Waals surface area contributed by atoms with E-state index in [0.717, 1.165) is 5.56 Å². The van der Waals surface area contributed by atoms with Gasteiger partial charge in [-0.25, -0.2) is 9.59 Å². The van der Waals surface area contributed by atoms with Gasteiger partial charge in [-0.3, -0.25) is 0 Å². The zero-order chi connectivity index (χ0) is 19.4. The summed E-state index contributed by atoms with van der Waals surface area (Å²) >= 11 is 0. The molecular formula is C20H20N2O5. The third-order valence-corrected chi connectivity index (χ3v) is 4.22. The summed E-state index contributed by atoms with van der Waals surface area (Å²) in [6.45, 7) is 1.72. The van der Waals surface area contributed by atoms with Crippen LogP contribution in [0.2, 0.25) is 0 Å². The van der Waals surface area contributed by atoms with E-state index in [0.29, 0.717) is 17.0 Å². The largest absolute Gasteiger partial charge is 0.508 e. The first-order valence-corrected chi connectivity index (χ1v) is 8.35. The lowest BCUT2D eigenvalue weighted by Crippen LogP contribution is -2.45. The Morgan fingerprint density at radius 3 is 2.59 bits per heavy atom. The minimum atomic E-state index is -0.714. The number of carbonyl (C=O) groups excluding carboxylic acids is 2. The minimum Gasteiger partial charge on any atom is -0.508 e. The number of hydrogen-bond acceptors (Lipinski definition) is 5. The molecule has 27 heavy (non-hydrogen) atoms. The van der Waals surface area contributed by atoms with Crippen molar-refractivity contribution in [2.75, 3.05) is 7.11 Å². The van der Waals surface area contributed by atoms with Crippen LogP contribution in [0.4, 0.5) is 4.79 Å². The van der Waals surface area contributed by atoms with E-state index < -0.39 is 18.0 Å². The van der Waals surface area contributed by atoms with E-state index >= 15 is 0 Å². The number of ether oxygens (including phenoxy) is 2. The maximum atomic E-state index is 12.7. The Morgan fingerprint density at radius 1 is 1.19 bits per heavy atom. The van der Waals surface area contributed by atoms with E-state index in [4.69, 9.17) is 9.47 Å². The fourth-order valence-electron chi connectivity index (χ4n) is 2.87. The number of rotatable bonds is 5. The van der Waals surface area contributed by atoms with Gasteiger partial charge in [0.25, 0.3) is 0 Å². The minimum absolute atomic E-state index is 0.0453. The predicted molar refractivity (Wildman–Crippen MR) is 98.0 cm³/mol. The van der Waals surface area contributed by atoms with Crippen LogP contribution < -0.4 is 15.4 Å². The summed E-state index contributed by atoms with van der Waals surface area (Å²) < 4.78 is 10.5. The molecule has 2 aromatic carbocycles. The molecule has 1 unspecified atom stereocenters. The highest BCUT2D eigenvalue weighted by atomic mass is 16.5. The molecule has 0 aromatic heterocycles. The molecule has 7 heteroatoms. The Hall–Kier alpha value is -3.48. The maximum absolute atomic E-state index is 12.7. The van der Waals surface area contributed by atoms with E-state index in [-0.39, 0.29) is 17.9 Å². The van der Waals surface area contributed by atoms with Gasteiger partial charge in [-0.15, -0.1) is 0 Å². The van der Waals surface area contributed by atoms with Crippen LogP contribution in [-0.4, -0.2) is 24.2 Å². The van der Waals surface area contributed by atoms with Crippen LogP contribution in [0.25, 0.3) is 0 Å². The third kappa shape index (κ3) is 4.20. The molecular weight excluding hydrogens is 348 g/mol. The summed E-state index contributed by atoms with van der Waals surface area (Å²) in [5.74, 6) is 0.208. The number of allylic oxidation sites excluding steroid dienone is 1. The molecule has 0 fully saturated rings. The van der Waals surface area contributed by atoms with Gasteiger partial charge in [0, 0.05) is 5.70 Å². The second kappa shape index (κ2) is 7.82. The number of amides is 2. The number of esters is 1. The lowest BCUT2D eigenvalue weighted by Gasteiger charge is -2.28. The lowest BCUT2D eigenvalue weighted by molar-refractivity contribution is -0.140. The van der Waals surface area contributed by atoms with Gasteiger partial charge in [-0.1, -0.05) is 24.3 Å². The lowest BCUT2D eigenvalue weighted by atomic mass is 9.95. The van der Waals surface area contributed by atoms with E-state index in [9.17, 15) is 14.7 Å². The van der Waals surface area contributed by atoms with Gasteiger partial charge in [0.15, 0.2) is 0 Å². The molecule has 1 atom stereocenters. The van der Waals surface area contributed by atoms with Gasteiger partial charge in [-0.05, 0) is 42.3 Å². The molecule has 0 spiro atoms. The smallest absolute Gasteiger partial charge is 0.338 e. The van der Waals surface area contributed by atoms with Gasteiger partial charge in [0.1, 0.15) is 18.1 Å². The van der Waals surface area contributed by atoms with Crippen molar-refractivity contribution in [3.05, 3.63) is 70.9 Å². The number of carbonyl (C=O) groups is 2. The zero-order valence-electron chi connectivity index (χ0n) is 15.0. The second-order valence-electron chi connectivity index (χ2n) is 6.09. The molecule has 1 heterocycles. The van der Waals surface area contributed by atoms with Crippen molar-refractivity contribution in [1.82, 2.24) is 10.6 Å². The third-order valence-electron chi connectivity index (χ3n) is 4.22.